The van der Waals surface area contributed by atoms with Gasteiger partial charge < -0.3 is 14.9 Å². The van der Waals surface area contributed by atoms with Crippen LogP contribution in [0, 0.1) is 0 Å². The molecule has 2 aromatic heterocycles. The van der Waals surface area contributed by atoms with Gasteiger partial charge in [-0.15, -0.1) is 11.3 Å². The zero-order chi connectivity index (χ0) is 19.1. The summed E-state index contributed by atoms with van der Waals surface area (Å²) in [5, 5.41) is 17.8. The Bertz CT molecular complexity index is 878. The average molecular weight is 385 g/mol. The van der Waals surface area contributed by atoms with Gasteiger partial charge in [-0.1, -0.05) is 41.6 Å². The number of aromatic nitrogens is 2. The lowest BCUT2D eigenvalue weighted by Gasteiger charge is -2.14. The number of hydrogen-bond acceptors (Lipinski definition) is 6. The van der Waals surface area contributed by atoms with Gasteiger partial charge in [-0.2, -0.15) is 4.98 Å². The van der Waals surface area contributed by atoms with Crippen LogP contribution < -0.4 is 5.32 Å². The molecule has 0 fully saturated rings. The fourth-order valence-electron chi connectivity index (χ4n) is 2.58. The topological polar surface area (TPSA) is 105 Å². The Morgan fingerprint density at radius 3 is 2.70 bits per heavy atom. The van der Waals surface area contributed by atoms with E-state index >= 15 is 0 Å². The summed E-state index contributed by atoms with van der Waals surface area (Å²) >= 11 is 1.52. The molecule has 1 unspecified atom stereocenters. The van der Waals surface area contributed by atoms with Crippen LogP contribution in [0.5, 0.6) is 0 Å². The largest absolute Gasteiger partial charge is 0.480 e. The Morgan fingerprint density at radius 2 is 2.00 bits per heavy atom. The lowest BCUT2D eigenvalue weighted by atomic mass is 10.1. The molecule has 0 bridgehead atoms. The third-order valence-electron chi connectivity index (χ3n) is 3.92. The summed E-state index contributed by atoms with van der Waals surface area (Å²) in [4.78, 5) is 28.7. The number of rotatable bonds is 9. The van der Waals surface area contributed by atoms with E-state index < -0.39 is 12.0 Å². The van der Waals surface area contributed by atoms with Crippen LogP contribution in [-0.4, -0.2) is 33.2 Å². The molecule has 8 heteroatoms. The maximum absolute atomic E-state index is 12.1. The van der Waals surface area contributed by atoms with E-state index in [4.69, 9.17) is 4.52 Å². The molecule has 1 atom stereocenters. The molecule has 0 spiro atoms. The molecule has 1 amide bonds. The van der Waals surface area contributed by atoms with Crippen LogP contribution in [0.1, 0.15) is 24.3 Å². The molecule has 3 rings (SSSR count). The van der Waals surface area contributed by atoms with Crippen LogP contribution in [0.25, 0.3) is 10.7 Å². The van der Waals surface area contributed by atoms with Gasteiger partial charge in [-0.25, -0.2) is 4.79 Å². The molecule has 0 saturated heterocycles. The first kappa shape index (κ1) is 18.8. The van der Waals surface area contributed by atoms with Gasteiger partial charge in [0.05, 0.1) is 4.88 Å². The monoisotopic (exact) mass is 385 g/mol. The Balaban J connectivity index is 1.46. The van der Waals surface area contributed by atoms with Crippen LogP contribution in [0.3, 0.4) is 0 Å². The van der Waals surface area contributed by atoms with E-state index in [1.807, 2.05) is 47.8 Å². The van der Waals surface area contributed by atoms with Crippen molar-refractivity contribution in [3.8, 4) is 10.7 Å². The summed E-state index contributed by atoms with van der Waals surface area (Å²) in [6, 6.07) is 12.1. The van der Waals surface area contributed by atoms with Crippen molar-refractivity contribution < 1.29 is 19.2 Å². The standard InChI is InChI=1S/C19H19N3O4S/c23-16(20-14(19(24)25)12-13-6-2-1-3-7-13)9-4-10-17-21-18(22-26-17)15-8-5-11-27-15/h1-3,5-8,11,14H,4,9-10,12H2,(H,20,23)(H,24,25). The summed E-state index contributed by atoms with van der Waals surface area (Å²) in [6.45, 7) is 0. The average Bonchev–Trinajstić information content (AvgIpc) is 3.33. The number of aryl methyl sites for hydroxylation is 1. The quantitative estimate of drug-likeness (QED) is 0.587. The first-order chi connectivity index (χ1) is 13.1. The van der Waals surface area contributed by atoms with Crippen molar-refractivity contribution in [2.24, 2.45) is 0 Å². The molecular weight excluding hydrogens is 366 g/mol. The van der Waals surface area contributed by atoms with E-state index in [0.29, 0.717) is 24.6 Å². The molecule has 0 aliphatic carbocycles. The van der Waals surface area contributed by atoms with Gasteiger partial charge in [0.2, 0.25) is 17.6 Å². The van der Waals surface area contributed by atoms with Crippen LogP contribution in [0.4, 0.5) is 0 Å². The number of carbonyl (C=O) groups is 2. The molecule has 2 heterocycles. The van der Waals surface area contributed by atoms with Gasteiger partial charge in [0.25, 0.3) is 0 Å². The first-order valence-corrected chi connectivity index (χ1v) is 9.42. The third-order valence-corrected chi connectivity index (χ3v) is 4.79. The van der Waals surface area contributed by atoms with Crippen molar-refractivity contribution in [2.75, 3.05) is 0 Å². The van der Waals surface area contributed by atoms with Crippen LogP contribution >= 0.6 is 11.3 Å². The number of aliphatic carboxylic acids is 1. The number of carboxylic acids is 1. The van der Waals surface area contributed by atoms with Gasteiger partial charge >= 0.3 is 5.97 Å². The molecule has 3 aromatic rings. The molecule has 140 valence electrons. The predicted octanol–water partition coefficient (Wildman–Crippen LogP) is 2.93. The minimum atomic E-state index is -1.05. The number of nitrogens with one attached hydrogen (secondary N) is 1. The summed E-state index contributed by atoms with van der Waals surface area (Å²) in [6.07, 6.45) is 1.39. The van der Waals surface area contributed by atoms with Crippen molar-refractivity contribution in [3.63, 3.8) is 0 Å². The van der Waals surface area contributed by atoms with E-state index in [1.54, 1.807) is 0 Å². The minimum absolute atomic E-state index is 0.190. The summed E-state index contributed by atoms with van der Waals surface area (Å²) in [5.74, 6) is -0.357. The van der Waals surface area contributed by atoms with E-state index in [0.717, 1.165) is 10.4 Å². The fourth-order valence-corrected chi connectivity index (χ4v) is 3.23. The zero-order valence-corrected chi connectivity index (χ0v) is 15.3. The molecule has 1 aromatic carbocycles. The van der Waals surface area contributed by atoms with Crippen LogP contribution in [-0.2, 0) is 22.4 Å². The molecule has 0 aliphatic rings. The SMILES string of the molecule is O=C(CCCc1nc(-c2cccs2)no1)NC(Cc1ccccc1)C(=O)O. The van der Waals surface area contributed by atoms with Crippen molar-refractivity contribution in [1.29, 1.82) is 0 Å². The number of carbonyl (C=O) groups excluding carboxylic acids is 1. The number of benzene rings is 1. The number of nitrogens with zero attached hydrogens (tertiary/aromatic N) is 2. The van der Waals surface area contributed by atoms with Crippen molar-refractivity contribution >= 4 is 23.2 Å². The number of carboxylic acid groups (broad SMARTS) is 1. The zero-order valence-electron chi connectivity index (χ0n) is 14.5. The van der Waals surface area contributed by atoms with Gasteiger partial charge in [-0.05, 0) is 23.4 Å². The van der Waals surface area contributed by atoms with Crippen LogP contribution in [0.2, 0.25) is 0 Å². The highest BCUT2D eigenvalue weighted by Gasteiger charge is 2.20. The van der Waals surface area contributed by atoms with Gasteiger partial charge in [0, 0.05) is 19.3 Å². The van der Waals surface area contributed by atoms with Gasteiger partial charge in [0.15, 0.2) is 0 Å². The first-order valence-electron chi connectivity index (χ1n) is 8.54. The predicted molar refractivity (Wildman–Crippen MR) is 100 cm³/mol. The molecular formula is C19H19N3O4S. The Hall–Kier alpha value is -3.00. The lowest BCUT2D eigenvalue weighted by molar-refractivity contribution is -0.141. The Labute approximate surface area is 160 Å². The molecule has 2 N–H and O–H groups in total. The second kappa shape index (κ2) is 9.09. The maximum atomic E-state index is 12.1. The second-order valence-corrected chi connectivity index (χ2v) is 6.94. The van der Waals surface area contributed by atoms with E-state index in [1.165, 1.54) is 11.3 Å². The highest BCUT2D eigenvalue weighted by molar-refractivity contribution is 7.13. The third kappa shape index (κ3) is 5.49. The van der Waals surface area contributed by atoms with Crippen molar-refractivity contribution in [3.05, 3.63) is 59.3 Å². The number of amides is 1. The van der Waals surface area contributed by atoms with E-state index in [2.05, 4.69) is 15.5 Å². The fraction of sp³-hybridized carbons (Fsp3) is 0.263. The molecule has 7 nitrogen and oxygen atoms in total. The smallest absolute Gasteiger partial charge is 0.326 e. The Kier molecular flexibility index (Phi) is 6.32. The summed E-state index contributed by atoms with van der Waals surface area (Å²) in [7, 11) is 0. The van der Waals surface area contributed by atoms with E-state index in [-0.39, 0.29) is 18.7 Å². The highest BCUT2D eigenvalue weighted by atomic mass is 32.1. The maximum Gasteiger partial charge on any atom is 0.326 e. The molecule has 0 aliphatic heterocycles. The highest BCUT2D eigenvalue weighted by Crippen LogP contribution is 2.21. The van der Waals surface area contributed by atoms with E-state index in [9.17, 15) is 14.7 Å². The minimum Gasteiger partial charge on any atom is -0.480 e. The summed E-state index contributed by atoms with van der Waals surface area (Å²) < 4.78 is 5.19. The van der Waals surface area contributed by atoms with Gasteiger partial charge in [0.1, 0.15) is 6.04 Å². The molecule has 27 heavy (non-hydrogen) atoms. The second-order valence-electron chi connectivity index (χ2n) is 5.99. The number of hydrogen-bond donors (Lipinski definition) is 2. The van der Waals surface area contributed by atoms with Gasteiger partial charge in [-0.3, -0.25) is 4.79 Å². The van der Waals surface area contributed by atoms with Crippen LogP contribution in [0.15, 0.2) is 52.4 Å². The number of thiophene rings is 1. The van der Waals surface area contributed by atoms with Crippen molar-refractivity contribution in [1.82, 2.24) is 15.5 Å². The van der Waals surface area contributed by atoms with Crippen molar-refractivity contribution in [2.45, 2.75) is 31.7 Å². The molecule has 0 radical (unpaired) electrons. The summed E-state index contributed by atoms with van der Waals surface area (Å²) in [5.41, 5.74) is 0.858. The normalized spacial score (nSPS) is 11.9. The Morgan fingerprint density at radius 1 is 1.19 bits per heavy atom. The lowest BCUT2D eigenvalue weighted by Crippen LogP contribution is -2.42. The molecule has 0 saturated carbocycles.